The second-order valence-corrected chi connectivity index (χ2v) is 5.23. The Kier molecular flexibility index (Phi) is 2.42. The molecule has 0 bridgehead atoms. The van der Waals surface area contributed by atoms with Crippen molar-refractivity contribution in [2.45, 2.75) is 17.2 Å². The second kappa shape index (κ2) is 3.23. The molecule has 0 fully saturated rings. The summed E-state index contributed by atoms with van der Waals surface area (Å²) >= 11 is 5.87. The van der Waals surface area contributed by atoms with Gasteiger partial charge in [0.1, 0.15) is 5.82 Å². The van der Waals surface area contributed by atoms with Gasteiger partial charge in [-0.25, -0.2) is 13.2 Å². The zero-order valence-electron chi connectivity index (χ0n) is 6.83. The van der Waals surface area contributed by atoms with Crippen LogP contribution in [0.4, 0.5) is 13.2 Å². The van der Waals surface area contributed by atoms with Crippen LogP contribution in [0.1, 0.15) is 11.1 Å². The van der Waals surface area contributed by atoms with Crippen molar-refractivity contribution < 1.29 is 13.2 Å². The van der Waals surface area contributed by atoms with Crippen molar-refractivity contribution in [3.63, 3.8) is 0 Å². The van der Waals surface area contributed by atoms with Crippen LogP contribution in [0.5, 0.6) is 0 Å². The van der Waals surface area contributed by atoms with Gasteiger partial charge in [-0.1, -0.05) is 31.9 Å². The van der Waals surface area contributed by atoms with Gasteiger partial charge in [-0.3, -0.25) is 0 Å². The number of halogens is 5. The molecule has 0 aliphatic heterocycles. The molecule has 0 heterocycles. The van der Waals surface area contributed by atoms with Crippen LogP contribution in [0, 0.1) is 5.82 Å². The lowest BCUT2D eigenvalue weighted by Gasteiger charge is -2.14. The quantitative estimate of drug-likeness (QED) is 0.631. The molecule has 1 aromatic rings. The van der Waals surface area contributed by atoms with Crippen molar-refractivity contribution in [3.8, 4) is 0 Å². The van der Waals surface area contributed by atoms with Crippen molar-refractivity contribution in [2.75, 3.05) is 0 Å². The number of benzene rings is 1. The Morgan fingerprint density at radius 3 is 2.64 bits per heavy atom. The summed E-state index contributed by atoms with van der Waals surface area (Å²) in [6, 6.07) is 2.49. The van der Waals surface area contributed by atoms with E-state index in [1.807, 2.05) is 0 Å². The van der Waals surface area contributed by atoms with E-state index >= 15 is 0 Å². The first kappa shape index (κ1) is 10.5. The molecule has 0 N–H and O–H groups in total. The van der Waals surface area contributed by atoms with E-state index in [4.69, 9.17) is 0 Å². The van der Waals surface area contributed by atoms with Crippen molar-refractivity contribution in [1.29, 1.82) is 0 Å². The maximum absolute atomic E-state index is 13.5. The van der Waals surface area contributed by atoms with Crippen molar-refractivity contribution in [2.24, 2.45) is 0 Å². The predicted octanol–water partition coefficient (Wildman–Crippen LogP) is 4.00. The molecule has 1 atom stereocenters. The topological polar surface area (TPSA) is 0 Å². The van der Waals surface area contributed by atoms with Gasteiger partial charge in [-0.15, -0.1) is 0 Å². The third kappa shape index (κ3) is 1.41. The van der Waals surface area contributed by atoms with Gasteiger partial charge < -0.3 is 0 Å². The minimum absolute atomic E-state index is 0.0292. The molecule has 0 amide bonds. The van der Waals surface area contributed by atoms with Crippen LogP contribution in [-0.2, 0) is 12.3 Å². The molecule has 0 radical (unpaired) electrons. The number of alkyl halides is 3. The van der Waals surface area contributed by atoms with E-state index in [0.29, 0.717) is 4.47 Å². The van der Waals surface area contributed by atoms with Gasteiger partial charge in [-0.05, 0) is 24.1 Å². The minimum atomic E-state index is -2.99. The van der Waals surface area contributed by atoms with Crippen LogP contribution in [-0.4, -0.2) is 4.83 Å². The summed E-state index contributed by atoms with van der Waals surface area (Å²) in [5.74, 6) is -3.56. The molecule has 0 saturated carbocycles. The molecule has 0 saturated heterocycles. The van der Waals surface area contributed by atoms with Crippen LogP contribution in [0.3, 0.4) is 0 Å². The predicted molar refractivity (Wildman–Crippen MR) is 54.4 cm³/mol. The maximum Gasteiger partial charge on any atom is 0.286 e. The fraction of sp³-hybridized carbons (Fsp3) is 0.333. The number of rotatable bonds is 0. The van der Waals surface area contributed by atoms with E-state index in [1.165, 1.54) is 12.1 Å². The average molecular weight is 330 g/mol. The zero-order valence-corrected chi connectivity index (χ0v) is 10.0. The van der Waals surface area contributed by atoms with E-state index < -0.39 is 16.6 Å². The molecule has 0 spiro atoms. The van der Waals surface area contributed by atoms with Crippen molar-refractivity contribution >= 4 is 31.9 Å². The molecular weight excluding hydrogens is 325 g/mol. The van der Waals surface area contributed by atoms with Gasteiger partial charge in [0.15, 0.2) is 0 Å². The molecule has 1 unspecified atom stereocenters. The van der Waals surface area contributed by atoms with Gasteiger partial charge in [0, 0.05) is 10.0 Å². The standard InChI is InChI=1S/C9H5Br2F3/c10-4-1-6-5(7(12)2-4)3-8(11)9(6,13)14/h1-2,8H,3H2. The Bertz CT molecular complexity index is 390. The van der Waals surface area contributed by atoms with Crippen LogP contribution in [0.15, 0.2) is 16.6 Å². The third-order valence-electron chi connectivity index (χ3n) is 2.30. The first-order valence-corrected chi connectivity index (χ1v) is 5.64. The molecule has 14 heavy (non-hydrogen) atoms. The molecule has 1 aliphatic carbocycles. The van der Waals surface area contributed by atoms with E-state index in [1.54, 1.807) is 0 Å². The van der Waals surface area contributed by atoms with Crippen molar-refractivity contribution in [3.05, 3.63) is 33.5 Å². The molecule has 76 valence electrons. The van der Waals surface area contributed by atoms with Gasteiger partial charge in [0.05, 0.1) is 4.83 Å². The van der Waals surface area contributed by atoms with Crippen LogP contribution in [0.2, 0.25) is 0 Å². The number of fused-ring (bicyclic) bond motifs is 1. The Morgan fingerprint density at radius 1 is 1.36 bits per heavy atom. The van der Waals surface area contributed by atoms with Crippen molar-refractivity contribution in [1.82, 2.24) is 0 Å². The van der Waals surface area contributed by atoms with Crippen LogP contribution < -0.4 is 0 Å². The Labute approximate surface area is 95.8 Å². The van der Waals surface area contributed by atoms with E-state index in [-0.39, 0.29) is 17.5 Å². The highest BCUT2D eigenvalue weighted by molar-refractivity contribution is 9.10. The molecular formula is C9H5Br2F3. The minimum Gasteiger partial charge on any atom is -0.207 e. The smallest absolute Gasteiger partial charge is 0.207 e. The van der Waals surface area contributed by atoms with Gasteiger partial charge in [0.2, 0.25) is 0 Å². The van der Waals surface area contributed by atoms with E-state index in [2.05, 4.69) is 31.9 Å². The normalized spacial score (nSPS) is 23.6. The summed E-state index contributed by atoms with van der Waals surface area (Å²) in [5.41, 5.74) is -0.105. The first-order chi connectivity index (χ1) is 6.43. The molecule has 0 nitrogen and oxygen atoms in total. The molecule has 1 aromatic carbocycles. The van der Waals surface area contributed by atoms with Gasteiger partial charge in [0.25, 0.3) is 5.92 Å². The largest absolute Gasteiger partial charge is 0.286 e. The van der Waals surface area contributed by atoms with Crippen LogP contribution >= 0.6 is 31.9 Å². The fourth-order valence-corrected chi connectivity index (χ4v) is 2.58. The second-order valence-electron chi connectivity index (χ2n) is 3.21. The Balaban J connectivity index is 2.65. The molecule has 1 aliphatic rings. The lowest BCUT2D eigenvalue weighted by molar-refractivity contribution is 0.00624. The van der Waals surface area contributed by atoms with Crippen LogP contribution in [0.25, 0.3) is 0 Å². The van der Waals surface area contributed by atoms with Gasteiger partial charge in [-0.2, -0.15) is 0 Å². The van der Waals surface area contributed by atoms with E-state index in [9.17, 15) is 13.2 Å². The lowest BCUT2D eigenvalue weighted by Crippen LogP contribution is -2.20. The Hall–Kier alpha value is -0.0300. The fourth-order valence-electron chi connectivity index (χ4n) is 1.58. The highest BCUT2D eigenvalue weighted by atomic mass is 79.9. The molecule has 5 heteroatoms. The summed E-state index contributed by atoms with van der Waals surface area (Å²) in [7, 11) is 0. The summed E-state index contributed by atoms with van der Waals surface area (Å²) in [5, 5.41) is 0. The highest BCUT2D eigenvalue weighted by Gasteiger charge is 2.48. The maximum atomic E-state index is 13.5. The number of hydrogen-bond acceptors (Lipinski definition) is 0. The lowest BCUT2D eigenvalue weighted by atomic mass is 10.1. The molecule has 0 aromatic heterocycles. The van der Waals surface area contributed by atoms with Gasteiger partial charge >= 0.3 is 0 Å². The highest BCUT2D eigenvalue weighted by Crippen LogP contribution is 2.47. The zero-order chi connectivity index (χ0) is 10.5. The summed E-state index contributed by atoms with van der Waals surface area (Å²) in [6.07, 6.45) is 0.0292. The summed E-state index contributed by atoms with van der Waals surface area (Å²) in [6.45, 7) is 0. The SMILES string of the molecule is Fc1cc(Br)cc2c1CC(Br)C2(F)F. The summed E-state index contributed by atoms with van der Waals surface area (Å²) in [4.78, 5) is -1.01. The molecule has 2 rings (SSSR count). The van der Waals surface area contributed by atoms with E-state index in [0.717, 1.165) is 0 Å². The third-order valence-corrected chi connectivity index (χ3v) is 3.65. The average Bonchev–Trinajstić information content (AvgIpc) is 2.28. The Morgan fingerprint density at radius 2 is 2.00 bits per heavy atom. The first-order valence-electron chi connectivity index (χ1n) is 3.93. The summed E-state index contributed by atoms with van der Waals surface area (Å²) < 4.78 is 40.5. The number of hydrogen-bond donors (Lipinski definition) is 0. The monoisotopic (exact) mass is 328 g/mol.